The van der Waals surface area contributed by atoms with Gasteiger partial charge in [0.1, 0.15) is 23.0 Å². The van der Waals surface area contributed by atoms with Gasteiger partial charge in [-0.3, -0.25) is 19.2 Å². The van der Waals surface area contributed by atoms with Crippen molar-refractivity contribution in [3.05, 3.63) is 115 Å². The smallest absolute Gasteiger partial charge is 0.303 e. The third kappa shape index (κ3) is 28.4. The SMILES string of the molecule is CC(C)(C)C.CC(C)(C)c1cc(CCC(=O)O)cc(C(C)(C)C)c1O.CC(C)(C)c1cc(CCC(=O)O)cc(C(C)(C)C)c1O.CC(C)(C)c1cc(CCC(=O)O)cc(C(C)(C)C)c1O.CC(C)(C)c1cc(CCC(=O)O)cc(C(C)(C)C)c1O. The molecule has 480 valence electrons. The minimum atomic E-state index is -0.798. The quantitative estimate of drug-likeness (QED) is 0.0662. The molecule has 4 aromatic rings. The van der Waals surface area contributed by atoms with Crippen LogP contribution >= 0.6 is 0 Å². The predicted molar refractivity (Wildman–Crippen MR) is 351 cm³/mol. The van der Waals surface area contributed by atoms with Crippen LogP contribution in [0, 0.1) is 5.41 Å². The lowest BCUT2D eigenvalue weighted by Gasteiger charge is -2.28. The first-order valence-corrected chi connectivity index (χ1v) is 30.1. The summed E-state index contributed by atoms with van der Waals surface area (Å²) in [5.74, 6) is -1.85. The molecule has 8 N–H and O–H groups in total. The zero-order chi connectivity index (χ0) is 67.4. The fraction of sp³-hybridized carbons (Fsp3) is 0.616. The van der Waals surface area contributed by atoms with E-state index >= 15 is 0 Å². The van der Waals surface area contributed by atoms with Gasteiger partial charge in [-0.05, 0) is 141 Å². The molecular formula is C73H116O12. The molecule has 0 aliphatic heterocycles. The zero-order valence-corrected chi connectivity index (χ0v) is 58.0. The summed E-state index contributed by atoms with van der Waals surface area (Å²) < 4.78 is 0. The maximum Gasteiger partial charge on any atom is 0.303 e. The van der Waals surface area contributed by atoms with Crippen molar-refractivity contribution in [2.45, 2.75) is 289 Å². The van der Waals surface area contributed by atoms with Crippen LogP contribution in [-0.2, 0) is 88.2 Å². The summed E-state index contributed by atoms with van der Waals surface area (Å²) >= 11 is 0. The highest BCUT2D eigenvalue weighted by Crippen LogP contribution is 2.44. The van der Waals surface area contributed by atoms with Gasteiger partial charge in [0.2, 0.25) is 0 Å². The number of hydrogen-bond acceptors (Lipinski definition) is 8. The van der Waals surface area contributed by atoms with Crippen molar-refractivity contribution in [3.63, 3.8) is 0 Å². The summed E-state index contributed by atoms with van der Waals surface area (Å²) in [4.78, 5) is 43.0. The second-order valence-corrected chi connectivity index (χ2v) is 32.7. The van der Waals surface area contributed by atoms with Crippen LogP contribution in [-0.4, -0.2) is 64.7 Å². The Bertz CT molecular complexity index is 2340. The second-order valence-electron chi connectivity index (χ2n) is 32.7. The van der Waals surface area contributed by atoms with Gasteiger partial charge in [0.25, 0.3) is 0 Å². The van der Waals surface area contributed by atoms with Gasteiger partial charge in [-0.25, -0.2) is 0 Å². The number of phenolic OH excluding ortho intramolecular Hbond substituents is 4. The molecule has 0 aromatic heterocycles. The molecule has 0 bridgehead atoms. The number of hydrogen-bond donors (Lipinski definition) is 8. The number of aromatic hydroxyl groups is 4. The van der Waals surface area contributed by atoms with Crippen molar-refractivity contribution in [1.29, 1.82) is 0 Å². The van der Waals surface area contributed by atoms with Gasteiger partial charge in [-0.2, -0.15) is 0 Å². The molecule has 0 aliphatic rings. The molecule has 0 spiro atoms. The maximum atomic E-state index is 10.8. The van der Waals surface area contributed by atoms with Crippen molar-refractivity contribution < 1.29 is 60.0 Å². The number of benzene rings is 4. The number of carboxylic acids is 4. The molecule has 0 saturated heterocycles. The Morgan fingerprint density at radius 3 is 0.412 bits per heavy atom. The summed E-state index contributed by atoms with van der Waals surface area (Å²) in [6, 6.07) is 15.5. The highest BCUT2D eigenvalue weighted by molar-refractivity contribution is 5.69. The number of carbonyl (C=O) groups is 4. The first-order valence-electron chi connectivity index (χ1n) is 30.1. The molecule has 4 aromatic carbocycles. The lowest BCUT2D eigenvalue weighted by atomic mass is 9.78. The van der Waals surface area contributed by atoms with E-state index in [-0.39, 0.29) is 69.0 Å². The largest absolute Gasteiger partial charge is 0.507 e. The first kappa shape index (κ1) is 79.0. The number of phenols is 4. The van der Waals surface area contributed by atoms with Gasteiger partial charge in [0.15, 0.2) is 0 Å². The Kier molecular flexibility index (Phi) is 27.9. The van der Waals surface area contributed by atoms with Crippen molar-refractivity contribution in [3.8, 4) is 23.0 Å². The highest BCUT2D eigenvalue weighted by Gasteiger charge is 2.31. The molecule has 0 unspecified atom stereocenters. The molecule has 0 heterocycles. The maximum absolute atomic E-state index is 10.8. The van der Waals surface area contributed by atoms with Crippen molar-refractivity contribution in [1.82, 2.24) is 0 Å². The second kappa shape index (κ2) is 30.0. The van der Waals surface area contributed by atoms with Gasteiger partial charge in [0, 0.05) is 25.7 Å². The van der Waals surface area contributed by atoms with Crippen LogP contribution in [0.15, 0.2) is 48.5 Å². The third-order valence-electron chi connectivity index (χ3n) is 13.7. The Balaban J connectivity index is 0.00000108. The van der Waals surface area contributed by atoms with E-state index in [9.17, 15) is 39.6 Å². The van der Waals surface area contributed by atoms with Crippen LogP contribution in [0.25, 0.3) is 0 Å². The summed E-state index contributed by atoms with van der Waals surface area (Å²) in [7, 11) is 0. The van der Waals surface area contributed by atoms with E-state index < -0.39 is 23.9 Å². The molecule has 0 amide bonds. The lowest BCUT2D eigenvalue weighted by Crippen LogP contribution is -2.18. The topological polar surface area (TPSA) is 230 Å². The molecule has 0 atom stereocenters. The Morgan fingerprint density at radius 1 is 0.247 bits per heavy atom. The molecule has 0 aliphatic carbocycles. The zero-order valence-electron chi connectivity index (χ0n) is 58.0. The van der Waals surface area contributed by atoms with Crippen molar-refractivity contribution in [2.24, 2.45) is 5.41 Å². The summed E-state index contributed by atoms with van der Waals surface area (Å²) in [6.07, 6.45) is 2.39. The van der Waals surface area contributed by atoms with Gasteiger partial charge >= 0.3 is 23.9 Å². The van der Waals surface area contributed by atoms with E-state index in [0.717, 1.165) is 66.8 Å². The van der Waals surface area contributed by atoms with Crippen LogP contribution in [0.2, 0.25) is 0 Å². The minimum absolute atomic E-state index is 0.109. The van der Waals surface area contributed by atoms with Crippen molar-refractivity contribution >= 4 is 23.9 Å². The van der Waals surface area contributed by atoms with Crippen LogP contribution in [0.3, 0.4) is 0 Å². The normalized spacial score (nSPS) is 12.5. The molecular weight excluding hydrogens is 1070 g/mol. The van der Waals surface area contributed by atoms with E-state index in [4.69, 9.17) is 20.4 Å². The fourth-order valence-corrected chi connectivity index (χ4v) is 8.93. The van der Waals surface area contributed by atoms with Crippen molar-refractivity contribution in [2.75, 3.05) is 0 Å². The Morgan fingerprint density at radius 2 is 0.341 bits per heavy atom. The molecule has 0 saturated carbocycles. The number of rotatable bonds is 12. The molecule has 12 heteroatoms. The number of aliphatic carboxylic acids is 4. The summed E-state index contributed by atoms with van der Waals surface area (Å²) in [6.45, 7) is 58.0. The molecule has 85 heavy (non-hydrogen) atoms. The van der Waals surface area contributed by atoms with E-state index in [1.807, 2.05) is 48.5 Å². The van der Waals surface area contributed by atoms with Crippen LogP contribution in [0.1, 0.15) is 286 Å². The summed E-state index contributed by atoms with van der Waals surface area (Å²) in [5.41, 5.74) is 10.0. The van der Waals surface area contributed by atoms with E-state index in [1.165, 1.54) is 0 Å². The standard InChI is InChI=1S/4C17H26O3.C5H12/c4*1-16(2,3)12-9-11(7-8-14(18)19)10-13(15(12)20)17(4,5)6;1-5(2,3)4/h4*9-10,20H,7-8H2,1-6H3,(H,18,19);1-4H3. The van der Waals surface area contributed by atoms with Gasteiger partial charge in [-0.15, -0.1) is 0 Å². The number of carboxylic acid groups (broad SMARTS) is 4. The van der Waals surface area contributed by atoms with Gasteiger partial charge < -0.3 is 40.9 Å². The molecule has 12 nitrogen and oxygen atoms in total. The van der Waals surface area contributed by atoms with Crippen LogP contribution < -0.4 is 0 Å². The monoisotopic (exact) mass is 1180 g/mol. The van der Waals surface area contributed by atoms with E-state index in [2.05, 4.69) is 194 Å². The van der Waals surface area contributed by atoms with E-state index in [0.29, 0.717) is 54.1 Å². The van der Waals surface area contributed by atoms with Gasteiger partial charge in [-0.1, -0.05) is 242 Å². The predicted octanol–water partition coefficient (Wildman–Crippen LogP) is 18.1. The number of aryl methyl sites for hydroxylation is 4. The average Bonchev–Trinajstić information content (AvgIpc) is 3.22. The third-order valence-corrected chi connectivity index (χ3v) is 13.7. The Labute approximate surface area is 514 Å². The van der Waals surface area contributed by atoms with Crippen LogP contribution in [0.4, 0.5) is 0 Å². The Hall–Kier alpha value is -6.04. The molecule has 0 fully saturated rings. The molecule has 0 radical (unpaired) electrons. The van der Waals surface area contributed by atoms with E-state index in [1.54, 1.807) is 0 Å². The van der Waals surface area contributed by atoms with Crippen LogP contribution in [0.5, 0.6) is 23.0 Å². The highest BCUT2D eigenvalue weighted by atomic mass is 16.4. The summed E-state index contributed by atoms with van der Waals surface area (Å²) in [5, 5.41) is 77.5. The van der Waals surface area contributed by atoms with Gasteiger partial charge in [0.05, 0.1) is 0 Å². The minimum Gasteiger partial charge on any atom is -0.507 e. The fourth-order valence-electron chi connectivity index (χ4n) is 8.93. The average molecular weight is 1190 g/mol. The molecule has 4 rings (SSSR count). The first-order chi connectivity index (χ1) is 37.7. The lowest BCUT2D eigenvalue weighted by molar-refractivity contribution is -0.138.